The molecule has 0 saturated heterocycles. The second-order valence-electron chi connectivity index (χ2n) is 5.38. The van der Waals surface area contributed by atoms with Crippen LogP contribution in [0.2, 0.25) is 10.0 Å². The Labute approximate surface area is 158 Å². The molecule has 9 heteroatoms. The Morgan fingerprint density at radius 3 is 2.65 bits per heavy atom. The summed E-state index contributed by atoms with van der Waals surface area (Å²) in [7, 11) is 0. The Hall–Kier alpha value is -2.90. The molecule has 0 saturated carbocycles. The highest BCUT2D eigenvalue weighted by atomic mass is 35.5. The summed E-state index contributed by atoms with van der Waals surface area (Å²) >= 11 is 11.9. The zero-order chi connectivity index (χ0) is 18.7. The van der Waals surface area contributed by atoms with E-state index in [-0.39, 0.29) is 17.1 Å². The van der Waals surface area contributed by atoms with Crippen LogP contribution in [0.4, 0.5) is 11.5 Å². The average molecular weight is 391 g/mol. The zero-order valence-electron chi connectivity index (χ0n) is 13.2. The number of aromatic nitrogens is 2. The number of nitrogens with zero attached hydrogens (tertiary/aromatic N) is 3. The first-order valence-corrected chi connectivity index (χ1v) is 8.22. The Balaban J connectivity index is 1.73. The fraction of sp³-hybridized carbons (Fsp3) is 0.0588. The molecule has 0 radical (unpaired) electrons. The fourth-order valence-corrected chi connectivity index (χ4v) is 2.67. The van der Waals surface area contributed by atoms with Crippen molar-refractivity contribution in [1.29, 1.82) is 0 Å². The number of hydrogen-bond acceptors (Lipinski definition) is 4. The number of carbonyl (C=O) groups excluding carboxylic acids is 1. The summed E-state index contributed by atoms with van der Waals surface area (Å²) in [5, 5.41) is 18.7. The van der Waals surface area contributed by atoms with E-state index in [0.29, 0.717) is 16.6 Å². The Morgan fingerprint density at radius 2 is 1.92 bits per heavy atom. The van der Waals surface area contributed by atoms with E-state index in [4.69, 9.17) is 23.2 Å². The summed E-state index contributed by atoms with van der Waals surface area (Å²) in [6, 6.07) is 12.6. The molecule has 0 fully saturated rings. The predicted molar refractivity (Wildman–Crippen MR) is 98.8 cm³/mol. The van der Waals surface area contributed by atoms with Crippen LogP contribution in [0.25, 0.3) is 0 Å². The molecule has 2 aromatic carbocycles. The van der Waals surface area contributed by atoms with E-state index in [1.807, 2.05) is 6.07 Å². The topological polar surface area (TPSA) is 90.1 Å². The number of rotatable bonds is 5. The van der Waals surface area contributed by atoms with Crippen molar-refractivity contribution in [3.05, 3.63) is 86.0 Å². The summed E-state index contributed by atoms with van der Waals surface area (Å²) in [5.74, 6) is -0.315. The maximum absolute atomic E-state index is 12.3. The van der Waals surface area contributed by atoms with Crippen LogP contribution in [0.1, 0.15) is 15.9 Å². The second kappa shape index (κ2) is 7.55. The van der Waals surface area contributed by atoms with Crippen LogP contribution in [-0.2, 0) is 6.54 Å². The minimum Gasteiger partial charge on any atom is -0.305 e. The van der Waals surface area contributed by atoms with Gasteiger partial charge in [-0.25, -0.2) is 0 Å². The third kappa shape index (κ3) is 4.01. The van der Waals surface area contributed by atoms with Gasteiger partial charge in [0.2, 0.25) is 0 Å². The molecule has 26 heavy (non-hydrogen) atoms. The normalized spacial score (nSPS) is 10.5. The van der Waals surface area contributed by atoms with Crippen LogP contribution in [-0.4, -0.2) is 20.6 Å². The van der Waals surface area contributed by atoms with Gasteiger partial charge in [-0.2, -0.15) is 5.10 Å². The first-order chi connectivity index (χ1) is 12.4. The molecule has 3 rings (SSSR count). The number of carbonyl (C=O) groups is 1. The molecule has 0 aliphatic carbocycles. The van der Waals surface area contributed by atoms with Gasteiger partial charge in [-0.05, 0) is 23.8 Å². The van der Waals surface area contributed by atoms with E-state index >= 15 is 0 Å². The number of nitro benzene ring substituents is 1. The smallest absolute Gasteiger partial charge is 0.282 e. The number of nitro groups is 1. The molecule has 1 heterocycles. The number of benzene rings is 2. The first kappa shape index (κ1) is 17.9. The van der Waals surface area contributed by atoms with Gasteiger partial charge >= 0.3 is 0 Å². The number of nitrogens with one attached hydrogen (secondary N) is 1. The zero-order valence-corrected chi connectivity index (χ0v) is 14.7. The summed E-state index contributed by atoms with van der Waals surface area (Å²) in [6.07, 6.45) is 1.68. The van der Waals surface area contributed by atoms with Gasteiger partial charge in [-0.15, -0.1) is 0 Å². The third-order valence-electron chi connectivity index (χ3n) is 3.56. The molecule has 0 unspecified atom stereocenters. The summed E-state index contributed by atoms with van der Waals surface area (Å²) in [6.45, 7) is 0.429. The van der Waals surface area contributed by atoms with Crippen molar-refractivity contribution in [3.8, 4) is 0 Å². The van der Waals surface area contributed by atoms with Crippen LogP contribution in [0.15, 0.2) is 54.7 Å². The van der Waals surface area contributed by atoms with Gasteiger partial charge in [0.25, 0.3) is 11.6 Å². The number of anilines is 1. The van der Waals surface area contributed by atoms with Crippen molar-refractivity contribution in [2.45, 2.75) is 6.54 Å². The second-order valence-corrected chi connectivity index (χ2v) is 6.19. The highest BCUT2D eigenvalue weighted by molar-refractivity contribution is 6.42. The molecule has 0 aliphatic heterocycles. The number of halogens is 2. The van der Waals surface area contributed by atoms with Crippen LogP contribution in [0.5, 0.6) is 0 Å². The lowest BCUT2D eigenvalue weighted by atomic mass is 10.1. The van der Waals surface area contributed by atoms with Gasteiger partial charge in [0.05, 0.1) is 21.5 Å². The van der Waals surface area contributed by atoms with E-state index < -0.39 is 10.8 Å². The van der Waals surface area contributed by atoms with Gasteiger partial charge in [0, 0.05) is 18.3 Å². The molecular weight excluding hydrogens is 379 g/mol. The van der Waals surface area contributed by atoms with Gasteiger partial charge in [0.1, 0.15) is 5.56 Å². The van der Waals surface area contributed by atoms with Crippen LogP contribution >= 0.6 is 23.2 Å². The van der Waals surface area contributed by atoms with E-state index in [1.165, 1.54) is 18.2 Å². The van der Waals surface area contributed by atoms with E-state index in [2.05, 4.69) is 10.4 Å². The number of hydrogen-bond donors (Lipinski definition) is 1. The Kier molecular flexibility index (Phi) is 5.20. The van der Waals surface area contributed by atoms with Crippen LogP contribution < -0.4 is 5.32 Å². The standard InChI is InChI=1S/C17H12Cl2N4O3/c18-13-6-5-11(9-14(13)19)10-22-8-7-16(21-22)20-17(24)12-3-1-2-4-15(12)23(25)26/h1-9H,10H2,(H,20,21,24). The molecule has 7 nitrogen and oxygen atoms in total. The van der Waals surface area contributed by atoms with E-state index in [9.17, 15) is 14.9 Å². The van der Waals surface area contributed by atoms with Crippen LogP contribution in [0, 0.1) is 10.1 Å². The highest BCUT2D eigenvalue weighted by Crippen LogP contribution is 2.23. The van der Waals surface area contributed by atoms with Crippen molar-refractivity contribution in [2.75, 3.05) is 5.32 Å². The lowest BCUT2D eigenvalue weighted by Crippen LogP contribution is -2.14. The molecule has 0 bridgehead atoms. The lowest BCUT2D eigenvalue weighted by molar-refractivity contribution is -0.385. The minimum atomic E-state index is -0.600. The molecule has 0 spiro atoms. The third-order valence-corrected chi connectivity index (χ3v) is 4.30. The monoisotopic (exact) mass is 390 g/mol. The molecule has 3 aromatic rings. The summed E-state index contributed by atoms with van der Waals surface area (Å²) in [4.78, 5) is 22.7. The Morgan fingerprint density at radius 1 is 1.15 bits per heavy atom. The maximum Gasteiger partial charge on any atom is 0.282 e. The van der Waals surface area contributed by atoms with Crippen molar-refractivity contribution in [1.82, 2.24) is 9.78 Å². The molecule has 132 valence electrons. The molecule has 1 aromatic heterocycles. The molecular formula is C17H12Cl2N4O3. The lowest BCUT2D eigenvalue weighted by Gasteiger charge is -2.05. The molecule has 1 amide bonds. The molecule has 0 atom stereocenters. The molecule has 1 N–H and O–H groups in total. The Bertz CT molecular complexity index is 988. The van der Waals surface area contributed by atoms with E-state index in [0.717, 1.165) is 5.56 Å². The number of amides is 1. The predicted octanol–water partition coefficient (Wildman–Crippen LogP) is 4.40. The average Bonchev–Trinajstić information content (AvgIpc) is 3.05. The van der Waals surface area contributed by atoms with E-state index in [1.54, 1.807) is 35.1 Å². The van der Waals surface area contributed by atoms with Crippen molar-refractivity contribution in [2.24, 2.45) is 0 Å². The molecule has 0 aliphatic rings. The van der Waals surface area contributed by atoms with Crippen molar-refractivity contribution in [3.63, 3.8) is 0 Å². The SMILES string of the molecule is O=C(Nc1ccn(Cc2ccc(Cl)c(Cl)c2)n1)c1ccccc1[N+](=O)[O-]. The van der Waals surface area contributed by atoms with Gasteiger partial charge < -0.3 is 5.32 Å². The summed E-state index contributed by atoms with van der Waals surface area (Å²) < 4.78 is 1.61. The van der Waals surface area contributed by atoms with Crippen molar-refractivity contribution >= 4 is 40.6 Å². The highest BCUT2D eigenvalue weighted by Gasteiger charge is 2.19. The number of para-hydroxylation sites is 1. The van der Waals surface area contributed by atoms with Crippen molar-refractivity contribution < 1.29 is 9.72 Å². The van der Waals surface area contributed by atoms with Gasteiger partial charge in [0.15, 0.2) is 5.82 Å². The quantitative estimate of drug-likeness (QED) is 0.516. The minimum absolute atomic E-state index is 0.0310. The summed E-state index contributed by atoms with van der Waals surface area (Å²) in [5.41, 5.74) is 0.593. The van der Waals surface area contributed by atoms with Crippen LogP contribution in [0.3, 0.4) is 0 Å². The fourth-order valence-electron chi connectivity index (χ4n) is 2.35. The van der Waals surface area contributed by atoms with Gasteiger partial charge in [-0.3, -0.25) is 19.6 Å². The first-order valence-electron chi connectivity index (χ1n) is 7.46. The van der Waals surface area contributed by atoms with Gasteiger partial charge in [-0.1, -0.05) is 41.4 Å². The maximum atomic E-state index is 12.3. The largest absolute Gasteiger partial charge is 0.305 e.